The Hall–Kier alpha value is -2.15. The molecule has 1 amide bonds. The van der Waals surface area contributed by atoms with E-state index in [0.29, 0.717) is 24.0 Å². The summed E-state index contributed by atoms with van der Waals surface area (Å²) in [5.41, 5.74) is 0. The first-order valence-corrected chi connectivity index (χ1v) is 7.07. The summed E-state index contributed by atoms with van der Waals surface area (Å²) in [6.07, 6.45) is 2.54. The van der Waals surface area contributed by atoms with Crippen LogP contribution in [0.25, 0.3) is 11.6 Å². The topological polar surface area (TPSA) is 75.6 Å². The standard InChI is InChI=1S/C14H18N4O3/c1-11(19)18-6-3-5-17(7-8-18)10-13-15-14(16-21-13)12-4-2-9-20-12/h2,4,9H,3,5-8,10H2,1H3. The second-order valence-corrected chi connectivity index (χ2v) is 5.12. The molecule has 0 unspecified atom stereocenters. The zero-order chi connectivity index (χ0) is 14.7. The van der Waals surface area contributed by atoms with E-state index in [-0.39, 0.29) is 5.91 Å². The van der Waals surface area contributed by atoms with Crippen molar-refractivity contribution < 1.29 is 13.7 Å². The molecule has 0 aliphatic carbocycles. The summed E-state index contributed by atoms with van der Waals surface area (Å²) in [5.74, 6) is 1.77. The molecule has 21 heavy (non-hydrogen) atoms. The Kier molecular flexibility index (Phi) is 4.01. The lowest BCUT2D eigenvalue weighted by molar-refractivity contribution is -0.128. The summed E-state index contributed by atoms with van der Waals surface area (Å²) in [7, 11) is 0. The molecule has 7 heteroatoms. The van der Waals surface area contributed by atoms with Gasteiger partial charge in [-0.05, 0) is 18.6 Å². The monoisotopic (exact) mass is 290 g/mol. The lowest BCUT2D eigenvalue weighted by Crippen LogP contribution is -2.33. The predicted octanol–water partition coefficient (Wildman–Crippen LogP) is 1.38. The summed E-state index contributed by atoms with van der Waals surface area (Å²) in [6.45, 7) is 5.50. The fourth-order valence-electron chi connectivity index (χ4n) is 2.46. The number of hydrogen-bond donors (Lipinski definition) is 0. The number of rotatable bonds is 3. The van der Waals surface area contributed by atoms with E-state index in [1.54, 1.807) is 25.3 Å². The molecular weight excluding hydrogens is 272 g/mol. The number of nitrogens with zero attached hydrogens (tertiary/aromatic N) is 4. The molecule has 2 aromatic rings. The number of amides is 1. The third-order valence-electron chi connectivity index (χ3n) is 3.60. The molecule has 3 rings (SSSR count). The first-order valence-electron chi connectivity index (χ1n) is 7.07. The maximum absolute atomic E-state index is 11.4. The van der Waals surface area contributed by atoms with E-state index >= 15 is 0 Å². The summed E-state index contributed by atoms with van der Waals surface area (Å²) in [6, 6.07) is 3.59. The smallest absolute Gasteiger partial charge is 0.241 e. The highest BCUT2D eigenvalue weighted by molar-refractivity contribution is 5.73. The minimum absolute atomic E-state index is 0.134. The van der Waals surface area contributed by atoms with Gasteiger partial charge in [0.05, 0.1) is 12.8 Å². The fraction of sp³-hybridized carbons (Fsp3) is 0.500. The van der Waals surface area contributed by atoms with Crippen molar-refractivity contribution in [1.29, 1.82) is 0 Å². The van der Waals surface area contributed by atoms with Crippen LogP contribution in [0.3, 0.4) is 0 Å². The Balaban J connectivity index is 1.60. The summed E-state index contributed by atoms with van der Waals surface area (Å²) >= 11 is 0. The third-order valence-corrected chi connectivity index (χ3v) is 3.60. The van der Waals surface area contributed by atoms with E-state index in [9.17, 15) is 4.79 Å². The zero-order valence-corrected chi connectivity index (χ0v) is 12.0. The molecule has 0 N–H and O–H groups in total. The van der Waals surface area contributed by atoms with Gasteiger partial charge in [0.1, 0.15) is 0 Å². The quantitative estimate of drug-likeness (QED) is 0.850. The van der Waals surface area contributed by atoms with Crippen molar-refractivity contribution in [3.8, 4) is 11.6 Å². The number of aromatic nitrogens is 2. The van der Waals surface area contributed by atoms with Crippen molar-refractivity contribution in [3.63, 3.8) is 0 Å². The van der Waals surface area contributed by atoms with Gasteiger partial charge in [0.2, 0.25) is 17.6 Å². The number of carbonyl (C=O) groups excluding carboxylic acids is 1. The largest absolute Gasteiger partial charge is 0.461 e. The van der Waals surface area contributed by atoms with Crippen LogP contribution in [0.5, 0.6) is 0 Å². The van der Waals surface area contributed by atoms with Gasteiger partial charge in [0.25, 0.3) is 0 Å². The molecule has 1 aliphatic heterocycles. The SMILES string of the molecule is CC(=O)N1CCCN(Cc2nc(-c3ccco3)no2)CC1. The Morgan fingerprint density at radius 1 is 1.33 bits per heavy atom. The van der Waals surface area contributed by atoms with Crippen LogP contribution in [0, 0.1) is 0 Å². The van der Waals surface area contributed by atoms with E-state index in [1.807, 2.05) is 4.90 Å². The molecule has 0 radical (unpaired) electrons. The summed E-state index contributed by atoms with van der Waals surface area (Å²) in [5, 5.41) is 3.92. The Bertz CT molecular complexity index is 593. The summed E-state index contributed by atoms with van der Waals surface area (Å²) in [4.78, 5) is 19.8. The normalized spacial score (nSPS) is 16.9. The maximum atomic E-state index is 11.4. The van der Waals surface area contributed by atoms with Crippen LogP contribution in [-0.2, 0) is 11.3 Å². The van der Waals surface area contributed by atoms with E-state index in [4.69, 9.17) is 8.94 Å². The Morgan fingerprint density at radius 3 is 3.00 bits per heavy atom. The average Bonchev–Trinajstić information content (AvgIpc) is 3.07. The van der Waals surface area contributed by atoms with Gasteiger partial charge >= 0.3 is 0 Å². The first kappa shape index (κ1) is 13.8. The summed E-state index contributed by atoms with van der Waals surface area (Å²) < 4.78 is 10.5. The molecule has 112 valence electrons. The molecule has 0 spiro atoms. The molecule has 3 heterocycles. The highest BCUT2D eigenvalue weighted by atomic mass is 16.5. The maximum Gasteiger partial charge on any atom is 0.241 e. The van der Waals surface area contributed by atoms with Crippen molar-refractivity contribution in [1.82, 2.24) is 19.9 Å². The van der Waals surface area contributed by atoms with Crippen LogP contribution < -0.4 is 0 Å². The highest BCUT2D eigenvalue weighted by Crippen LogP contribution is 2.16. The van der Waals surface area contributed by atoms with Crippen LogP contribution in [0.2, 0.25) is 0 Å². The van der Waals surface area contributed by atoms with Gasteiger partial charge in [0, 0.05) is 33.1 Å². The van der Waals surface area contributed by atoms with E-state index in [0.717, 1.165) is 32.6 Å². The lowest BCUT2D eigenvalue weighted by Gasteiger charge is -2.19. The van der Waals surface area contributed by atoms with Crippen LogP contribution in [-0.4, -0.2) is 52.0 Å². The van der Waals surface area contributed by atoms with Crippen LogP contribution >= 0.6 is 0 Å². The van der Waals surface area contributed by atoms with Crippen molar-refractivity contribution in [3.05, 3.63) is 24.3 Å². The van der Waals surface area contributed by atoms with Gasteiger partial charge in [0.15, 0.2) is 5.76 Å². The Labute approximate surface area is 122 Å². The molecular formula is C14H18N4O3. The molecule has 1 saturated heterocycles. The molecule has 0 atom stereocenters. The predicted molar refractivity (Wildman–Crippen MR) is 74.1 cm³/mol. The highest BCUT2D eigenvalue weighted by Gasteiger charge is 2.19. The van der Waals surface area contributed by atoms with Crippen molar-refractivity contribution >= 4 is 5.91 Å². The Morgan fingerprint density at radius 2 is 2.24 bits per heavy atom. The molecule has 0 aromatic carbocycles. The van der Waals surface area contributed by atoms with Crippen molar-refractivity contribution in [2.45, 2.75) is 19.9 Å². The molecule has 1 aliphatic rings. The van der Waals surface area contributed by atoms with Gasteiger partial charge in [-0.2, -0.15) is 4.98 Å². The van der Waals surface area contributed by atoms with Crippen LogP contribution in [0.15, 0.2) is 27.3 Å². The minimum atomic E-state index is 0.134. The molecule has 2 aromatic heterocycles. The molecule has 7 nitrogen and oxygen atoms in total. The second kappa shape index (κ2) is 6.09. The number of carbonyl (C=O) groups is 1. The van der Waals surface area contributed by atoms with Gasteiger partial charge < -0.3 is 13.8 Å². The van der Waals surface area contributed by atoms with E-state index < -0.39 is 0 Å². The van der Waals surface area contributed by atoms with Gasteiger partial charge in [-0.3, -0.25) is 9.69 Å². The average molecular weight is 290 g/mol. The van der Waals surface area contributed by atoms with Crippen LogP contribution in [0.4, 0.5) is 0 Å². The second-order valence-electron chi connectivity index (χ2n) is 5.12. The van der Waals surface area contributed by atoms with Crippen molar-refractivity contribution in [2.75, 3.05) is 26.2 Å². The van der Waals surface area contributed by atoms with E-state index in [1.165, 1.54) is 0 Å². The van der Waals surface area contributed by atoms with Crippen molar-refractivity contribution in [2.24, 2.45) is 0 Å². The molecule has 0 saturated carbocycles. The number of hydrogen-bond acceptors (Lipinski definition) is 6. The fourth-order valence-corrected chi connectivity index (χ4v) is 2.46. The van der Waals surface area contributed by atoms with E-state index in [2.05, 4.69) is 15.0 Å². The third kappa shape index (κ3) is 3.30. The number of furan rings is 1. The van der Waals surface area contributed by atoms with Crippen LogP contribution in [0.1, 0.15) is 19.2 Å². The zero-order valence-electron chi connectivity index (χ0n) is 12.0. The minimum Gasteiger partial charge on any atom is -0.461 e. The van der Waals surface area contributed by atoms with Gasteiger partial charge in [-0.25, -0.2) is 0 Å². The molecule has 1 fully saturated rings. The van der Waals surface area contributed by atoms with Gasteiger partial charge in [-0.15, -0.1) is 0 Å². The lowest BCUT2D eigenvalue weighted by atomic mass is 10.4. The van der Waals surface area contributed by atoms with Gasteiger partial charge in [-0.1, -0.05) is 5.16 Å². The first-order chi connectivity index (χ1) is 10.2. The molecule has 0 bridgehead atoms.